The average molecular weight is 367 g/mol. The van der Waals surface area contributed by atoms with Crippen molar-refractivity contribution < 1.29 is 0 Å². The lowest BCUT2D eigenvalue weighted by Gasteiger charge is -2.35. The van der Waals surface area contributed by atoms with Gasteiger partial charge in [0.15, 0.2) is 8.07 Å². The molecule has 0 heterocycles. The van der Waals surface area contributed by atoms with Crippen LogP contribution in [0.5, 0.6) is 0 Å². The van der Waals surface area contributed by atoms with Gasteiger partial charge in [-0.15, -0.1) is 0 Å². The van der Waals surface area contributed by atoms with E-state index >= 15 is 0 Å². The molecule has 27 heavy (non-hydrogen) atoms. The fourth-order valence-corrected chi connectivity index (χ4v) is 9.53. The quantitative estimate of drug-likeness (QED) is 0.471. The molecule has 4 rings (SSSR count). The van der Waals surface area contributed by atoms with Gasteiger partial charge in [0.2, 0.25) is 0 Å². The molecule has 1 aliphatic carbocycles. The molecule has 1 aliphatic rings. The van der Waals surface area contributed by atoms with Crippen molar-refractivity contribution in [3.8, 4) is 0 Å². The molecule has 0 aliphatic heterocycles. The average Bonchev–Trinajstić information content (AvgIpc) is 3.18. The van der Waals surface area contributed by atoms with Gasteiger partial charge >= 0.3 is 0 Å². The summed E-state index contributed by atoms with van der Waals surface area (Å²) in [4.78, 5) is 0. The second-order valence-electron chi connectivity index (χ2n) is 7.66. The molecule has 3 aromatic carbocycles. The molecular weight excluding hydrogens is 340 g/mol. The van der Waals surface area contributed by atoms with Crippen molar-refractivity contribution in [2.45, 2.75) is 27.2 Å². The molecule has 134 valence electrons. The minimum absolute atomic E-state index is 1.04. The topological polar surface area (TPSA) is 0 Å². The first kappa shape index (κ1) is 17.8. The Kier molecular flexibility index (Phi) is 4.71. The van der Waals surface area contributed by atoms with E-state index < -0.39 is 8.07 Å². The summed E-state index contributed by atoms with van der Waals surface area (Å²) in [5, 5.41) is 5.91. The molecule has 0 spiro atoms. The zero-order chi connectivity index (χ0) is 18.9. The largest absolute Gasteiger partial charge is 0.179 e. The van der Waals surface area contributed by atoms with Gasteiger partial charge in [0.25, 0.3) is 0 Å². The van der Waals surface area contributed by atoms with Gasteiger partial charge in [0, 0.05) is 0 Å². The molecule has 0 nitrogen and oxygen atoms in total. The number of benzene rings is 3. The molecule has 0 N–H and O–H groups in total. The van der Waals surface area contributed by atoms with Crippen LogP contribution >= 0.6 is 0 Å². The molecule has 0 saturated carbocycles. The molecule has 0 radical (unpaired) electrons. The van der Waals surface area contributed by atoms with E-state index in [2.05, 4.69) is 112 Å². The third kappa shape index (κ3) is 3.13. The maximum Gasteiger partial charge on any atom is 0.179 e. The summed E-state index contributed by atoms with van der Waals surface area (Å²) in [7, 11) is -2.31. The lowest BCUT2D eigenvalue weighted by molar-refractivity contribution is 1.44. The van der Waals surface area contributed by atoms with Gasteiger partial charge in [-0.2, -0.15) is 0 Å². The summed E-state index contributed by atoms with van der Waals surface area (Å²) in [5.41, 5.74) is 3.98. The lowest BCUT2D eigenvalue weighted by Crippen LogP contribution is -2.68. The molecular formula is C26H26Si. The van der Waals surface area contributed by atoms with Gasteiger partial charge in [-0.25, -0.2) is 0 Å². The van der Waals surface area contributed by atoms with Crippen LogP contribution in [0.2, 0.25) is 0 Å². The molecule has 3 aromatic rings. The highest BCUT2D eigenvalue weighted by atomic mass is 28.3. The van der Waals surface area contributed by atoms with E-state index in [0.717, 1.165) is 6.42 Å². The maximum absolute atomic E-state index is 2.44. The van der Waals surface area contributed by atoms with Crippen LogP contribution in [0, 0.1) is 20.8 Å². The number of aryl methyl sites for hydroxylation is 3. The maximum atomic E-state index is 2.44. The summed E-state index contributed by atoms with van der Waals surface area (Å²) >= 11 is 0. The highest BCUT2D eigenvalue weighted by Crippen LogP contribution is 2.24. The molecule has 0 amide bonds. The summed E-state index contributed by atoms with van der Waals surface area (Å²) < 4.78 is 0. The highest BCUT2D eigenvalue weighted by Gasteiger charge is 2.42. The Morgan fingerprint density at radius 1 is 0.630 bits per heavy atom. The van der Waals surface area contributed by atoms with Gasteiger partial charge in [-0.1, -0.05) is 108 Å². The summed E-state index contributed by atoms with van der Waals surface area (Å²) in [6.07, 6.45) is 8.16. The van der Waals surface area contributed by atoms with Crippen molar-refractivity contribution in [3.05, 3.63) is 113 Å². The van der Waals surface area contributed by atoms with Gasteiger partial charge < -0.3 is 0 Å². The van der Waals surface area contributed by atoms with Gasteiger partial charge in [-0.05, 0) is 47.9 Å². The zero-order valence-electron chi connectivity index (χ0n) is 16.4. The minimum atomic E-state index is -2.31. The van der Waals surface area contributed by atoms with Crippen LogP contribution in [0.1, 0.15) is 23.1 Å². The van der Waals surface area contributed by atoms with Crippen LogP contribution in [-0.4, -0.2) is 8.07 Å². The normalized spacial score (nSPS) is 13.7. The van der Waals surface area contributed by atoms with E-state index in [1.807, 2.05) is 0 Å². The van der Waals surface area contributed by atoms with Crippen LogP contribution in [0.15, 0.2) is 96.2 Å². The summed E-state index contributed by atoms with van der Waals surface area (Å²) in [6, 6.07) is 27.5. The summed E-state index contributed by atoms with van der Waals surface area (Å²) in [5.74, 6) is 0. The smallest absolute Gasteiger partial charge is 0.0808 e. The van der Waals surface area contributed by atoms with E-state index in [-0.39, 0.29) is 0 Å². The van der Waals surface area contributed by atoms with E-state index in [9.17, 15) is 0 Å². The Morgan fingerprint density at radius 3 is 1.41 bits per heavy atom. The van der Waals surface area contributed by atoms with Crippen molar-refractivity contribution >= 4 is 23.6 Å². The fraction of sp³-hybridized carbons (Fsp3) is 0.154. The van der Waals surface area contributed by atoms with Crippen molar-refractivity contribution in [1.29, 1.82) is 0 Å². The number of allylic oxidation sites excluding steroid dienone is 4. The Hall–Kier alpha value is -2.64. The SMILES string of the molecule is Cc1cccc([Si](C2=CCC=C2)(c2cccc(C)c2)c2cccc(C)c2)c1. The first-order valence-corrected chi connectivity index (χ1v) is 11.7. The number of hydrogen-bond acceptors (Lipinski definition) is 0. The van der Waals surface area contributed by atoms with Crippen molar-refractivity contribution in [1.82, 2.24) is 0 Å². The number of rotatable bonds is 4. The second-order valence-corrected chi connectivity index (χ2v) is 11.5. The molecule has 0 saturated heterocycles. The summed E-state index contributed by atoms with van der Waals surface area (Å²) in [6.45, 7) is 6.61. The Balaban J connectivity index is 2.13. The predicted molar refractivity (Wildman–Crippen MR) is 120 cm³/mol. The molecule has 0 bridgehead atoms. The molecule has 1 heteroatoms. The number of hydrogen-bond donors (Lipinski definition) is 0. The van der Waals surface area contributed by atoms with E-state index in [1.165, 1.54) is 37.4 Å². The Morgan fingerprint density at radius 2 is 1.07 bits per heavy atom. The van der Waals surface area contributed by atoms with Crippen LogP contribution in [0.25, 0.3) is 0 Å². The third-order valence-electron chi connectivity index (χ3n) is 5.56. The fourth-order valence-electron chi connectivity index (χ4n) is 4.37. The van der Waals surface area contributed by atoms with E-state index in [1.54, 1.807) is 0 Å². The molecule has 0 unspecified atom stereocenters. The van der Waals surface area contributed by atoms with E-state index in [4.69, 9.17) is 0 Å². The Bertz CT molecular complexity index is 928. The third-order valence-corrected chi connectivity index (χ3v) is 10.3. The van der Waals surface area contributed by atoms with Crippen LogP contribution < -0.4 is 15.6 Å². The monoisotopic (exact) mass is 366 g/mol. The zero-order valence-corrected chi connectivity index (χ0v) is 17.4. The first-order chi connectivity index (χ1) is 13.1. The lowest BCUT2D eigenvalue weighted by atomic mass is 10.2. The molecule has 0 fully saturated rings. The van der Waals surface area contributed by atoms with Crippen LogP contribution in [0.4, 0.5) is 0 Å². The predicted octanol–water partition coefficient (Wildman–Crippen LogP) is 4.51. The van der Waals surface area contributed by atoms with Crippen LogP contribution in [-0.2, 0) is 0 Å². The van der Waals surface area contributed by atoms with Crippen molar-refractivity contribution in [2.24, 2.45) is 0 Å². The van der Waals surface area contributed by atoms with Crippen LogP contribution in [0.3, 0.4) is 0 Å². The first-order valence-electron chi connectivity index (χ1n) is 9.69. The standard InChI is InChI=1S/C26H26Si/c1-20-9-6-14-24(17-20)27(23-12-4-5-13-23,25-15-7-10-21(2)18-25)26-16-8-11-22(3)19-26/h4,6-19H,5H2,1-3H3. The van der Waals surface area contributed by atoms with Crippen molar-refractivity contribution in [3.63, 3.8) is 0 Å². The van der Waals surface area contributed by atoms with Gasteiger partial charge in [0.05, 0.1) is 0 Å². The van der Waals surface area contributed by atoms with Crippen molar-refractivity contribution in [2.75, 3.05) is 0 Å². The highest BCUT2D eigenvalue weighted by molar-refractivity contribution is 7.16. The van der Waals surface area contributed by atoms with Gasteiger partial charge in [0.1, 0.15) is 0 Å². The Labute approximate surface area is 163 Å². The molecule has 0 aromatic heterocycles. The van der Waals surface area contributed by atoms with E-state index in [0.29, 0.717) is 0 Å². The minimum Gasteiger partial charge on any atom is -0.0808 e. The van der Waals surface area contributed by atoms with Gasteiger partial charge in [-0.3, -0.25) is 0 Å². The second kappa shape index (κ2) is 7.17. The molecule has 0 atom stereocenters.